The van der Waals surface area contributed by atoms with E-state index in [2.05, 4.69) is 24.1 Å². The quantitative estimate of drug-likeness (QED) is 0.774. The summed E-state index contributed by atoms with van der Waals surface area (Å²) in [5, 5.41) is 3.23. The molecule has 0 unspecified atom stereocenters. The van der Waals surface area contributed by atoms with Gasteiger partial charge in [0.05, 0.1) is 13.3 Å². The highest BCUT2D eigenvalue weighted by atomic mass is 16.5. The zero-order valence-electron chi connectivity index (χ0n) is 8.59. The summed E-state index contributed by atoms with van der Waals surface area (Å²) in [5.41, 5.74) is 1.10. The van der Waals surface area contributed by atoms with Crippen LogP contribution >= 0.6 is 0 Å². The van der Waals surface area contributed by atoms with E-state index in [-0.39, 0.29) is 0 Å². The van der Waals surface area contributed by atoms with Gasteiger partial charge in [-0.25, -0.2) is 4.98 Å². The van der Waals surface area contributed by atoms with E-state index in [0.29, 0.717) is 6.04 Å². The maximum atomic E-state index is 5.11. The fourth-order valence-electron chi connectivity index (χ4n) is 1.13. The first kappa shape index (κ1) is 9.84. The van der Waals surface area contributed by atoms with Gasteiger partial charge in [0.25, 0.3) is 0 Å². The van der Waals surface area contributed by atoms with Crippen molar-refractivity contribution < 1.29 is 4.74 Å². The lowest BCUT2D eigenvalue weighted by molar-refractivity contribution is 0.410. The Hall–Kier alpha value is -1.25. The van der Waals surface area contributed by atoms with Gasteiger partial charge in [0, 0.05) is 6.04 Å². The zero-order valence-corrected chi connectivity index (χ0v) is 8.59. The fourth-order valence-corrected chi connectivity index (χ4v) is 1.13. The van der Waals surface area contributed by atoms with Crippen molar-refractivity contribution in [3.63, 3.8) is 0 Å². The molecule has 0 aliphatic heterocycles. The Balaban J connectivity index is 2.83. The summed E-state index contributed by atoms with van der Waals surface area (Å²) in [5.74, 6) is 1.72. The van der Waals surface area contributed by atoms with Gasteiger partial charge in [0.2, 0.25) is 0 Å². The van der Waals surface area contributed by atoms with Gasteiger partial charge in [0.1, 0.15) is 11.6 Å². The Morgan fingerprint density at radius 1 is 1.46 bits per heavy atom. The largest absolute Gasteiger partial charge is 0.495 e. The van der Waals surface area contributed by atoms with Crippen molar-refractivity contribution in [3.8, 4) is 5.75 Å². The van der Waals surface area contributed by atoms with Crippen LogP contribution in [0.1, 0.15) is 19.4 Å². The number of aryl methyl sites for hydroxylation is 1. The number of hydrogen-bond donors (Lipinski definition) is 1. The summed E-state index contributed by atoms with van der Waals surface area (Å²) < 4.78 is 5.11. The number of pyridine rings is 1. The normalized spacial score (nSPS) is 10.2. The Bertz CT molecular complexity index is 284. The molecule has 1 rings (SSSR count). The van der Waals surface area contributed by atoms with Gasteiger partial charge in [-0.05, 0) is 32.4 Å². The average molecular weight is 180 g/mol. The molecule has 3 heteroatoms. The Labute approximate surface area is 79.1 Å². The van der Waals surface area contributed by atoms with Crippen LogP contribution in [0.15, 0.2) is 12.3 Å². The van der Waals surface area contributed by atoms with E-state index in [1.807, 2.05) is 13.0 Å². The van der Waals surface area contributed by atoms with Crippen LogP contribution < -0.4 is 10.1 Å². The molecule has 72 valence electrons. The Kier molecular flexibility index (Phi) is 3.12. The second-order valence-corrected chi connectivity index (χ2v) is 3.34. The minimum atomic E-state index is 0.403. The van der Waals surface area contributed by atoms with Crippen molar-refractivity contribution in [2.45, 2.75) is 26.8 Å². The third-order valence-electron chi connectivity index (χ3n) is 1.72. The van der Waals surface area contributed by atoms with Crippen molar-refractivity contribution in [1.29, 1.82) is 0 Å². The number of anilines is 1. The maximum absolute atomic E-state index is 5.11. The summed E-state index contributed by atoms with van der Waals surface area (Å²) in [6, 6.07) is 2.39. The van der Waals surface area contributed by atoms with Gasteiger partial charge in [-0.1, -0.05) is 0 Å². The number of rotatable bonds is 3. The third kappa shape index (κ3) is 2.61. The molecule has 13 heavy (non-hydrogen) atoms. The van der Waals surface area contributed by atoms with E-state index in [1.54, 1.807) is 13.3 Å². The fraction of sp³-hybridized carbons (Fsp3) is 0.500. The SMILES string of the molecule is COc1cnc(NC(C)C)cc1C. The van der Waals surface area contributed by atoms with Crippen molar-refractivity contribution in [3.05, 3.63) is 17.8 Å². The van der Waals surface area contributed by atoms with Gasteiger partial charge in [-0.3, -0.25) is 0 Å². The lowest BCUT2D eigenvalue weighted by Crippen LogP contribution is -2.11. The third-order valence-corrected chi connectivity index (χ3v) is 1.72. The van der Waals surface area contributed by atoms with Crippen LogP contribution in [0.3, 0.4) is 0 Å². The molecule has 0 aliphatic rings. The summed E-state index contributed by atoms with van der Waals surface area (Å²) in [4.78, 5) is 4.21. The molecule has 0 fully saturated rings. The molecule has 0 aliphatic carbocycles. The van der Waals surface area contributed by atoms with Crippen molar-refractivity contribution in [1.82, 2.24) is 4.98 Å². The number of aromatic nitrogens is 1. The molecule has 0 amide bonds. The van der Waals surface area contributed by atoms with Crippen molar-refractivity contribution in [2.75, 3.05) is 12.4 Å². The second kappa shape index (κ2) is 4.12. The first-order valence-electron chi connectivity index (χ1n) is 4.40. The molecule has 1 N–H and O–H groups in total. The predicted molar refractivity (Wildman–Crippen MR) is 54.3 cm³/mol. The van der Waals surface area contributed by atoms with Crippen molar-refractivity contribution in [2.24, 2.45) is 0 Å². The minimum absolute atomic E-state index is 0.403. The molecule has 0 aromatic carbocycles. The topological polar surface area (TPSA) is 34.1 Å². The van der Waals surface area contributed by atoms with Crippen LogP contribution in [-0.4, -0.2) is 18.1 Å². The Morgan fingerprint density at radius 3 is 2.62 bits per heavy atom. The Morgan fingerprint density at radius 2 is 2.15 bits per heavy atom. The minimum Gasteiger partial charge on any atom is -0.495 e. The summed E-state index contributed by atoms with van der Waals surface area (Å²) in [7, 11) is 1.65. The van der Waals surface area contributed by atoms with E-state index in [0.717, 1.165) is 17.1 Å². The number of methoxy groups -OCH3 is 1. The second-order valence-electron chi connectivity index (χ2n) is 3.34. The highest BCUT2D eigenvalue weighted by molar-refractivity contribution is 5.43. The molecule has 0 saturated carbocycles. The molecular formula is C10H16N2O. The van der Waals surface area contributed by atoms with Crippen LogP contribution in [0.25, 0.3) is 0 Å². The summed E-state index contributed by atoms with van der Waals surface area (Å²) in [6.45, 7) is 6.18. The first-order valence-corrected chi connectivity index (χ1v) is 4.40. The molecule has 1 heterocycles. The van der Waals surface area contributed by atoms with Crippen LogP contribution in [0, 0.1) is 6.92 Å². The predicted octanol–water partition coefficient (Wildman–Crippen LogP) is 2.22. The van der Waals surface area contributed by atoms with Crippen molar-refractivity contribution >= 4 is 5.82 Å². The first-order chi connectivity index (χ1) is 6.13. The monoisotopic (exact) mass is 180 g/mol. The smallest absolute Gasteiger partial charge is 0.140 e. The molecular weight excluding hydrogens is 164 g/mol. The van der Waals surface area contributed by atoms with Crippen LogP contribution in [0.5, 0.6) is 5.75 Å². The molecule has 0 bridgehead atoms. The summed E-state index contributed by atoms with van der Waals surface area (Å²) >= 11 is 0. The van der Waals surface area contributed by atoms with Gasteiger partial charge in [-0.15, -0.1) is 0 Å². The highest BCUT2D eigenvalue weighted by Gasteiger charge is 2.01. The highest BCUT2D eigenvalue weighted by Crippen LogP contribution is 2.18. The zero-order chi connectivity index (χ0) is 9.84. The molecule has 0 spiro atoms. The molecule has 0 saturated heterocycles. The molecule has 1 aromatic heterocycles. The van der Waals surface area contributed by atoms with E-state index < -0.39 is 0 Å². The van der Waals surface area contributed by atoms with E-state index >= 15 is 0 Å². The number of hydrogen-bond acceptors (Lipinski definition) is 3. The number of nitrogens with zero attached hydrogens (tertiary/aromatic N) is 1. The van der Waals surface area contributed by atoms with E-state index in [9.17, 15) is 0 Å². The van der Waals surface area contributed by atoms with Crippen LogP contribution in [-0.2, 0) is 0 Å². The van der Waals surface area contributed by atoms with Gasteiger partial charge in [-0.2, -0.15) is 0 Å². The number of ether oxygens (including phenoxy) is 1. The van der Waals surface area contributed by atoms with Gasteiger partial charge in [0.15, 0.2) is 0 Å². The lowest BCUT2D eigenvalue weighted by atomic mass is 10.2. The van der Waals surface area contributed by atoms with Crippen LogP contribution in [0.4, 0.5) is 5.82 Å². The average Bonchev–Trinajstić information content (AvgIpc) is 2.03. The van der Waals surface area contributed by atoms with E-state index in [1.165, 1.54) is 0 Å². The standard InChI is InChI=1S/C10H16N2O/c1-7(2)12-10-5-8(3)9(13-4)6-11-10/h5-7H,1-4H3,(H,11,12). The van der Waals surface area contributed by atoms with Crippen LogP contribution in [0.2, 0.25) is 0 Å². The molecule has 0 radical (unpaired) electrons. The number of nitrogens with one attached hydrogen (secondary N) is 1. The van der Waals surface area contributed by atoms with E-state index in [4.69, 9.17) is 4.74 Å². The van der Waals surface area contributed by atoms with Gasteiger partial charge < -0.3 is 10.1 Å². The maximum Gasteiger partial charge on any atom is 0.140 e. The lowest BCUT2D eigenvalue weighted by Gasteiger charge is -2.10. The molecule has 3 nitrogen and oxygen atoms in total. The summed E-state index contributed by atoms with van der Waals surface area (Å²) in [6.07, 6.45) is 1.74. The molecule has 1 aromatic rings. The van der Waals surface area contributed by atoms with Gasteiger partial charge >= 0.3 is 0 Å². The molecule has 0 atom stereocenters.